The number of carbonyl (C=O) groups excluding carboxylic acids is 1. The summed E-state index contributed by atoms with van der Waals surface area (Å²) in [5.41, 5.74) is 7.44. The second-order valence-electron chi connectivity index (χ2n) is 6.26. The van der Waals surface area contributed by atoms with Crippen LogP contribution in [0.2, 0.25) is 0 Å². The highest BCUT2D eigenvalue weighted by Crippen LogP contribution is 2.33. The summed E-state index contributed by atoms with van der Waals surface area (Å²) in [6.45, 7) is 0.669. The van der Waals surface area contributed by atoms with Crippen LogP contribution < -0.4 is 20.5 Å². The SMILES string of the molecule is COc1ccc(C(=O)NCCc2ccccn2)cc1Oc1ccc(CN)cc1F. The molecular formula is C22H22FN3O3. The Hall–Kier alpha value is -3.45. The van der Waals surface area contributed by atoms with Crippen molar-refractivity contribution >= 4 is 5.91 Å². The molecule has 0 aliphatic heterocycles. The van der Waals surface area contributed by atoms with Gasteiger partial charge in [-0.3, -0.25) is 9.78 Å². The van der Waals surface area contributed by atoms with E-state index in [1.54, 1.807) is 24.4 Å². The molecule has 0 unspecified atom stereocenters. The fourth-order valence-corrected chi connectivity index (χ4v) is 2.72. The van der Waals surface area contributed by atoms with Gasteiger partial charge in [-0.15, -0.1) is 0 Å². The molecule has 0 fully saturated rings. The van der Waals surface area contributed by atoms with Crippen LogP contribution in [-0.4, -0.2) is 24.5 Å². The van der Waals surface area contributed by atoms with Gasteiger partial charge in [0.25, 0.3) is 5.91 Å². The average molecular weight is 395 g/mol. The van der Waals surface area contributed by atoms with Crippen molar-refractivity contribution in [3.05, 3.63) is 83.4 Å². The lowest BCUT2D eigenvalue weighted by molar-refractivity contribution is 0.0953. The monoisotopic (exact) mass is 395 g/mol. The van der Waals surface area contributed by atoms with Crippen molar-refractivity contribution in [3.8, 4) is 17.2 Å². The first kappa shape index (κ1) is 20.3. The minimum atomic E-state index is -0.541. The van der Waals surface area contributed by atoms with E-state index in [4.69, 9.17) is 15.2 Å². The highest BCUT2D eigenvalue weighted by atomic mass is 19.1. The molecule has 0 spiro atoms. The molecular weight excluding hydrogens is 373 g/mol. The zero-order valence-corrected chi connectivity index (χ0v) is 16.0. The van der Waals surface area contributed by atoms with Crippen LogP contribution in [0.5, 0.6) is 17.2 Å². The van der Waals surface area contributed by atoms with Crippen LogP contribution in [0.15, 0.2) is 60.8 Å². The van der Waals surface area contributed by atoms with Crippen LogP contribution in [0.3, 0.4) is 0 Å². The molecule has 1 heterocycles. The van der Waals surface area contributed by atoms with Crippen molar-refractivity contribution in [2.75, 3.05) is 13.7 Å². The Morgan fingerprint density at radius 3 is 2.62 bits per heavy atom. The number of nitrogens with one attached hydrogen (secondary N) is 1. The van der Waals surface area contributed by atoms with E-state index in [2.05, 4.69) is 10.3 Å². The van der Waals surface area contributed by atoms with E-state index in [-0.39, 0.29) is 24.0 Å². The number of hydrogen-bond donors (Lipinski definition) is 2. The molecule has 1 amide bonds. The van der Waals surface area contributed by atoms with Crippen molar-refractivity contribution < 1.29 is 18.7 Å². The second-order valence-corrected chi connectivity index (χ2v) is 6.26. The number of pyridine rings is 1. The largest absolute Gasteiger partial charge is 0.493 e. The van der Waals surface area contributed by atoms with Gasteiger partial charge in [0, 0.05) is 37.0 Å². The summed E-state index contributed by atoms with van der Waals surface area (Å²) >= 11 is 0. The molecule has 1 aromatic heterocycles. The molecule has 3 N–H and O–H groups in total. The van der Waals surface area contributed by atoms with Crippen molar-refractivity contribution in [1.82, 2.24) is 10.3 Å². The lowest BCUT2D eigenvalue weighted by Crippen LogP contribution is -2.25. The third-order valence-corrected chi connectivity index (χ3v) is 4.27. The van der Waals surface area contributed by atoms with E-state index in [1.165, 1.54) is 25.3 Å². The lowest BCUT2D eigenvalue weighted by Gasteiger charge is -2.13. The minimum absolute atomic E-state index is 0.0215. The summed E-state index contributed by atoms with van der Waals surface area (Å²) in [6, 6.07) is 14.9. The van der Waals surface area contributed by atoms with Crippen molar-refractivity contribution in [2.45, 2.75) is 13.0 Å². The Kier molecular flexibility index (Phi) is 6.76. The number of hydrogen-bond acceptors (Lipinski definition) is 5. The zero-order valence-electron chi connectivity index (χ0n) is 16.0. The van der Waals surface area contributed by atoms with Crippen molar-refractivity contribution in [1.29, 1.82) is 0 Å². The Labute approximate surface area is 168 Å². The third-order valence-electron chi connectivity index (χ3n) is 4.27. The Balaban J connectivity index is 1.71. The van der Waals surface area contributed by atoms with Crippen LogP contribution >= 0.6 is 0 Å². The van der Waals surface area contributed by atoms with Gasteiger partial charge in [-0.05, 0) is 48.0 Å². The van der Waals surface area contributed by atoms with E-state index < -0.39 is 5.82 Å². The van der Waals surface area contributed by atoms with Crippen LogP contribution in [0.1, 0.15) is 21.6 Å². The van der Waals surface area contributed by atoms with Gasteiger partial charge >= 0.3 is 0 Å². The molecule has 0 radical (unpaired) electrons. The quantitative estimate of drug-likeness (QED) is 0.610. The smallest absolute Gasteiger partial charge is 0.251 e. The van der Waals surface area contributed by atoms with Crippen molar-refractivity contribution in [2.24, 2.45) is 5.73 Å². The number of methoxy groups -OCH3 is 1. The van der Waals surface area contributed by atoms with E-state index in [9.17, 15) is 9.18 Å². The van der Waals surface area contributed by atoms with Gasteiger partial charge in [0.05, 0.1) is 7.11 Å². The summed E-state index contributed by atoms with van der Waals surface area (Å²) in [6.07, 6.45) is 2.33. The molecule has 0 aliphatic carbocycles. The van der Waals surface area contributed by atoms with Gasteiger partial charge in [-0.2, -0.15) is 0 Å². The van der Waals surface area contributed by atoms with Gasteiger partial charge in [0.15, 0.2) is 23.1 Å². The Morgan fingerprint density at radius 1 is 1.10 bits per heavy atom. The molecule has 3 aromatic rings. The van der Waals surface area contributed by atoms with Crippen LogP contribution in [-0.2, 0) is 13.0 Å². The maximum absolute atomic E-state index is 14.2. The summed E-state index contributed by atoms with van der Waals surface area (Å²) in [5.74, 6) is -0.164. The van der Waals surface area contributed by atoms with Gasteiger partial charge in [-0.1, -0.05) is 12.1 Å². The molecule has 7 heteroatoms. The van der Waals surface area contributed by atoms with Gasteiger partial charge in [-0.25, -0.2) is 4.39 Å². The van der Waals surface area contributed by atoms with Gasteiger partial charge < -0.3 is 20.5 Å². The molecule has 0 saturated heterocycles. The number of nitrogens with two attached hydrogens (primary N) is 1. The molecule has 29 heavy (non-hydrogen) atoms. The maximum Gasteiger partial charge on any atom is 0.251 e. The van der Waals surface area contributed by atoms with Crippen LogP contribution in [0, 0.1) is 5.82 Å². The van der Waals surface area contributed by atoms with E-state index >= 15 is 0 Å². The standard InChI is InChI=1S/C22H22FN3O3/c1-28-20-8-6-16(22(27)26-11-9-17-4-2-3-10-25-17)13-21(20)29-19-7-5-15(14-24)12-18(19)23/h2-8,10,12-13H,9,11,14,24H2,1H3,(H,26,27). The fourth-order valence-electron chi connectivity index (χ4n) is 2.72. The predicted octanol–water partition coefficient (Wildman–Crippen LogP) is 3.45. The number of rotatable bonds is 8. The number of carbonyl (C=O) groups is 1. The molecule has 150 valence electrons. The first-order valence-electron chi connectivity index (χ1n) is 9.13. The Morgan fingerprint density at radius 2 is 1.93 bits per heavy atom. The molecule has 3 rings (SSSR count). The molecule has 0 atom stereocenters. The fraction of sp³-hybridized carbons (Fsp3) is 0.182. The van der Waals surface area contributed by atoms with Gasteiger partial charge in [0.1, 0.15) is 0 Å². The summed E-state index contributed by atoms with van der Waals surface area (Å²) in [4.78, 5) is 16.7. The number of halogens is 1. The zero-order chi connectivity index (χ0) is 20.6. The molecule has 0 bridgehead atoms. The molecule has 2 aromatic carbocycles. The summed E-state index contributed by atoms with van der Waals surface area (Å²) in [5, 5.41) is 2.84. The van der Waals surface area contributed by atoms with Crippen LogP contribution in [0.4, 0.5) is 4.39 Å². The molecule has 6 nitrogen and oxygen atoms in total. The van der Waals surface area contributed by atoms with E-state index in [0.29, 0.717) is 29.8 Å². The van der Waals surface area contributed by atoms with Crippen LogP contribution in [0.25, 0.3) is 0 Å². The first-order chi connectivity index (χ1) is 14.1. The average Bonchev–Trinajstić information content (AvgIpc) is 2.75. The summed E-state index contributed by atoms with van der Waals surface area (Å²) < 4.78 is 25.2. The number of ether oxygens (including phenoxy) is 2. The number of aromatic nitrogens is 1. The van der Waals surface area contributed by atoms with Crippen molar-refractivity contribution in [3.63, 3.8) is 0 Å². The lowest BCUT2D eigenvalue weighted by atomic mass is 10.1. The highest BCUT2D eigenvalue weighted by molar-refractivity contribution is 5.94. The minimum Gasteiger partial charge on any atom is -0.493 e. The predicted molar refractivity (Wildman–Crippen MR) is 108 cm³/mol. The number of nitrogens with zero attached hydrogens (tertiary/aromatic N) is 1. The second kappa shape index (κ2) is 9.66. The van der Waals surface area contributed by atoms with Gasteiger partial charge in [0.2, 0.25) is 0 Å². The van der Waals surface area contributed by atoms with E-state index in [1.807, 2.05) is 18.2 Å². The maximum atomic E-state index is 14.2. The Bertz CT molecular complexity index is 980. The number of amides is 1. The topological polar surface area (TPSA) is 86.5 Å². The van der Waals surface area contributed by atoms with E-state index in [0.717, 1.165) is 5.69 Å². The highest BCUT2D eigenvalue weighted by Gasteiger charge is 2.14. The first-order valence-corrected chi connectivity index (χ1v) is 9.13. The summed E-state index contributed by atoms with van der Waals surface area (Å²) in [7, 11) is 1.47. The normalized spacial score (nSPS) is 10.4. The number of benzene rings is 2. The molecule has 0 aliphatic rings. The third kappa shape index (κ3) is 5.30. The molecule has 0 saturated carbocycles.